The van der Waals surface area contributed by atoms with E-state index in [1.807, 2.05) is 25.4 Å². The minimum absolute atomic E-state index is 0.580. The van der Waals surface area contributed by atoms with Crippen molar-refractivity contribution in [3.05, 3.63) is 36.0 Å². The van der Waals surface area contributed by atoms with Gasteiger partial charge in [0.1, 0.15) is 17.5 Å². The number of nitrogens with zero attached hydrogens (tertiary/aromatic N) is 3. The predicted molar refractivity (Wildman–Crippen MR) is 71.4 cm³/mol. The van der Waals surface area contributed by atoms with Crippen molar-refractivity contribution in [3.8, 4) is 29.3 Å². The Balaban J connectivity index is 2.53. The van der Waals surface area contributed by atoms with Gasteiger partial charge in [-0.1, -0.05) is 0 Å². The molecule has 0 bridgehead atoms. The summed E-state index contributed by atoms with van der Waals surface area (Å²) >= 11 is 0. The van der Waals surface area contributed by atoms with E-state index < -0.39 is 0 Å². The van der Waals surface area contributed by atoms with Crippen LogP contribution in [0, 0.1) is 22.8 Å². The molecule has 0 aliphatic heterocycles. The topological polar surface area (TPSA) is 73.8 Å². The van der Waals surface area contributed by atoms with Crippen molar-refractivity contribution in [2.24, 2.45) is 7.05 Å². The Bertz CT molecular complexity index is 688. The van der Waals surface area contributed by atoms with Crippen LogP contribution in [0.3, 0.4) is 0 Å². The molecule has 19 heavy (non-hydrogen) atoms. The third-order valence-electron chi connectivity index (χ3n) is 2.91. The van der Waals surface area contributed by atoms with Crippen LogP contribution in [0.25, 0.3) is 11.3 Å². The van der Waals surface area contributed by atoms with Gasteiger partial charge in [0.05, 0.1) is 18.5 Å². The molecule has 0 saturated carbocycles. The molecule has 0 unspecified atom stereocenters. The smallest absolute Gasteiger partial charge is 0.181 e. The fourth-order valence-electron chi connectivity index (χ4n) is 1.94. The molecule has 2 aromatic rings. The molecule has 0 aliphatic rings. The average molecular weight is 252 g/mol. The van der Waals surface area contributed by atoms with Crippen molar-refractivity contribution in [1.82, 2.24) is 4.57 Å². The molecule has 0 fully saturated rings. The number of nitrogens with one attached hydrogen (secondary N) is 1. The van der Waals surface area contributed by atoms with E-state index in [1.165, 1.54) is 0 Å². The lowest BCUT2D eigenvalue weighted by Gasteiger charge is -2.11. The Labute approximate surface area is 111 Å². The lowest BCUT2D eigenvalue weighted by molar-refractivity contribution is 0.416. The molecule has 1 N–H and O–H groups in total. The van der Waals surface area contributed by atoms with Crippen molar-refractivity contribution in [3.63, 3.8) is 0 Å². The zero-order chi connectivity index (χ0) is 13.8. The Kier molecular flexibility index (Phi) is 3.40. The van der Waals surface area contributed by atoms with Crippen LogP contribution in [0.1, 0.15) is 5.69 Å². The first-order valence-corrected chi connectivity index (χ1v) is 5.60. The maximum Gasteiger partial charge on any atom is 0.181 e. The van der Waals surface area contributed by atoms with Gasteiger partial charge < -0.3 is 9.30 Å². The SMILES string of the molecule is COc1cc(NC#N)ccc1-c1ccc(C#N)n1C. The van der Waals surface area contributed by atoms with E-state index in [-0.39, 0.29) is 0 Å². The van der Waals surface area contributed by atoms with E-state index in [1.54, 1.807) is 29.9 Å². The minimum atomic E-state index is 0.580. The van der Waals surface area contributed by atoms with Crippen molar-refractivity contribution >= 4 is 5.69 Å². The van der Waals surface area contributed by atoms with Crippen LogP contribution >= 0.6 is 0 Å². The third kappa shape index (κ3) is 2.22. The molecular formula is C14H12N4O. The third-order valence-corrected chi connectivity index (χ3v) is 2.91. The molecule has 2 rings (SSSR count). The van der Waals surface area contributed by atoms with E-state index in [0.29, 0.717) is 17.1 Å². The fourth-order valence-corrected chi connectivity index (χ4v) is 1.94. The van der Waals surface area contributed by atoms with Crippen LogP contribution in [-0.2, 0) is 7.05 Å². The van der Waals surface area contributed by atoms with Crippen LogP contribution < -0.4 is 10.1 Å². The average Bonchev–Trinajstić information content (AvgIpc) is 2.80. The molecule has 0 atom stereocenters. The second-order valence-electron chi connectivity index (χ2n) is 3.93. The Morgan fingerprint density at radius 1 is 1.21 bits per heavy atom. The number of hydrogen-bond acceptors (Lipinski definition) is 4. The number of ether oxygens (including phenoxy) is 1. The second kappa shape index (κ2) is 5.16. The molecular weight excluding hydrogens is 240 g/mol. The fraction of sp³-hybridized carbons (Fsp3) is 0.143. The van der Waals surface area contributed by atoms with E-state index in [4.69, 9.17) is 15.3 Å². The Morgan fingerprint density at radius 3 is 2.58 bits per heavy atom. The predicted octanol–water partition coefficient (Wildman–Crippen LogP) is 2.47. The summed E-state index contributed by atoms with van der Waals surface area (Å²) in [6.45, 7) is 0. The first-order valence-electron chi connectivity index (χ1n) is 5.60. The van der Waals surface area contributed by atoms with Crippen LogP contribution in [0.2, 0.25) is 0 Å². The van der Waals surface area contributed by atoms with Gasteiger partial charge in [0.15, 0.2) is 6.19 Å². The van der Waals surface area contributed by atoms with Gasteiger partial charge in [-0.2, -0.15) is 10.5 Å². The van der Waals surface area contributed by atoms with Gasteiger partial charge in [-0.3, -0.25) is 5.32 Å². The Morgan fingerprint density at radius 2 is 2.00 bits per heavy atom. The van der Waals surface area contributed by atoms with E-state index >= 15 is 0 Å². The molecule has 1 aromatic carbocycles. The summed E-state index contributed by atoms with van der Waals surface area (Å²) in [5, 5.41) is 20.1. The van der Waals surface area contributed by atoms with Gasteiger partial charge in [0, 0.05) is 18.7 Å². The normalized spacial score (nSPS) is 9.47. The molecule has 0 amide bonds. The first-order chi connectivity index (χ1) is 9.21. The molecule has 0 saturated heterocycles. The summed E-state index contributed by atoms with van der Waals surface area (Å²) in [6, 6.07) is 11.1. The highest BCUT2D eigenvalue weighted by molar-refractivity contribution is 5.72. The quantitative estimate of drug-likeness (QED) is 0.672. The van der Waals surface area contributed by atoms with Crippen molar-refractivity contribution < 1.29 is 4.74 Å². The summed E-state index contributed by atoms with van der Waals surface area (Å²) < 4.78 is 7.14. The summed E-state index contributed by atoms with van der Waals surface area (Å²) in [4.78, 5) is 0. The molecule has 0 spiro atoms. The lowest BCUT2D eigenvalue weighted by Crippen LogP contribution is -1.97. The number of methoxy groups -OCH3 is 1. The molecule has 5 nitrogen and oxygen atoms in total. The molecule has 1 aromatic heterocycles. The minimum Gasteiger partial charge on any atom is -0.496 e. The van der Waals surface area contributed by atoms with Gasteiger partial charge in [-0.15, -0.1) is 0 Å². The number of aromatic nitrogens is 1. The van der Waals surface area contributed by atoms with Gasteiger partial charge in [0.25, 0.3) is 0 Å². The van der Waals surface area contributed by atoms with Gasteiger partial charge in [-0.05, 0) is 24.3 Å². The highest BCUT2D eigenvalue weighted by Crippen LogP contribution is 2.33. The monoisotopic (exact) mass is 252 g/mol. The molecule has 94 valence electrons. The van der Waals surface area contributed by atoms with E-state index in [9.17, 15) is 0 Å². The van der Waals surface area contributed by atoms with Crippen molar-refractivity contribution in [1.29, 1.82) is 10.5 Å². The number of rotatable bonds is 3. The molecule has 1 heterocycles. The molecule has 0 aliphatic carbocycles. The standard InChI is InChI=1S/C14H12N4O/c1-18-11(8-15)4-6-13(18)12-5-3-10(17-9-16)7-14(12)19-2/h3-7,17H,1-2H3. The first kappa shape index (κ1) is 12.5. The van der Waals surface area contributed by atoms with Crippen LogP contribution in [0.15, 0.2) is 30.3 Å². The van der Waals surface area contributed by atoms with Crippen molar-refractivity contribution in [2.45, 2.75) is 0 Å². The number of nitriles is 2. The number of benzene rings is 1. The maximum absolute atomic E-state index is 8.97. The number of hydrogen-bond donors (Lipinski definition) is 1. The van der Waals surface area contributed by atoms with Gasteiger partial charge >= 0.3 is 0 Å². The summed E-state index contributed by atoms with van der Waals surface area (Å²) in [5.74, 6) is 0.644. The van der Waals surface area contributed by atoms with Gasteiger partial charge in [-0.25, -0.2) is 0 Å². The summed E-state index contributed by atoms with van der Waals surface area (Å²) in [6.07, 6.45) is 1.87. The Hall–Kier alpha value is -2.92. The zero-order valence-electron chi connectivity index (χ0n) is 10.6. The maximum atomic E-state index is 8.97. The number of anilines is 1. The summed E-state index contributed by atoms with van der Waals surface area (Å²) in [5.41, 5.74) is 3.00. The highest BCUT2D eigenvalue weighted by atomic mass is 16.5. The summed E-state index contributed by atoms with van der Waals surface area (Å²) in [7, 11) is 3.40. The second-order valence-corrected chi connectivity index (χ2v) is 3.93. The van der Waals surface area contributed by atoms with E-state index in [2.05, 4.69) is 11.4 Å². The van der Waals surface area contributed by atoms with E-state index in [0.717, 1.165) is 11.3 Å². The van der Waals surface area contributed by atoms with Crippen LogP contribution in [0.4, 0.5) is 5.69 Å². The van der Waals surface area contributed by atoms with Crippen molar-refractivity contribution in [2.75, 3.05) is 12.4 Å². The lowest BCUT2D eigenvalue weighted by atomic mass is 10.1. The molecule has 0 radical (unpaired) electrons. The van der Waals surface area contributed by atoms with Gasteiger partial charge in [0.2, 0.25) is 0 Å². The highest BCUT2D eigenvalue weighted by Gasteiger charge is 2.12. The zero-order valence-corrected chi connectivity index (χ0v) is 10.6. The molecule has 5 heteroatoms. The largest absolute Gasteiger partial charge is 0.496 e. The van der Waals surface area contributed by atoms with Crippen LogP contribution in [-0.4, -0.2) is 11.7 Å². The van der Waals surface area contributed by atoms with Crippen LogP contribution in [0.5, 0.6) is 5.75 Å².